The van der Waals surface area contributed by atoms with E-state index < -0.39 is 11.2 Å². The second-order valence-corrected chi connectivity index (χ2v) is 11.8. The highest BCUT2D eigenvalue weighted by Gasteiger charge is 2.31. The molecule has 44 heavy (non-hydrogen) atoms. The normalized spacial score (nSPS) is 17.2. The summed E-state index contributed by atoms with van der Waals surface area (Å²) in [5, 5.41) is 19.5. The monoisotopic (exact) mass is 622 g/mol. The topological polar surface area (TPSA) is 106 Å². The van der Waals surface area contributed by atoms with Crippen LogP contribution in [0.3, 0.4) is 0 Å². The zero-order valence-corrected chi connectivity index (χ0v) is 26.1. The first-order valence-electron chi connectivity index (χ1n) is 14.3. The summed E-state index contributed by atoms with van der Waals surface area (Å²) < 4.78 is 32.5. The van der Waals surface area contributed by atoms with Crippen LogP contribution in [0.15, 0.2) is 40.4 Å². The number of likely N-dealkylation sites (N-methyl/N-ethyl adjacent to an activating group) is 1. The van der Waals surface area contributed by atoms with Crippen molar-refractivity contribution in [2.24, 2.45) is 5.10 Å². The molecule has 0 spiro atoms. The van der Waals surface area contributed by atoms with Gasteiger partial charge in [0.2, 0.25) is 10.2 Å². The molecule has 12 nitrogen and oxygen atoms in total. The number of hydrogen-bond acceptors (Lipinski definition) is 10. The number of aromatic nitrogens is 4. The van der Waals surface area contributed by atoms with Crippen LogP contribution in [0.25, 0.3) is 22.3 Å². The molecule has 2 aliphatic rings. The number of phenols is 1. The zero-order valence-electron chi connectivity index (χ0n) is 25.3. The number of ether oxygens (including phenoxy) is 2. The van der Waals surface area contributed by atoms with Gasteiger partial charge in [0.15, 0.2) is 28.9 Å². The summed E-state index contributed by atoms with van der Waals surface area (Å²) in [7, 11) is 7.27. The molecule has 1 N–H and O–H groups in total. The van der Waals surface area contributed by atoms with Crippen LogP contribution in [-0.4, -0.2) is 101 Å². The van der Waals surface area contributed by atoms with Crippen molar-refractivity contribution in [2.75, 3.05) is 65.9 Å². The Morgan fingerprint density at radius 3 is 2.70 bits per heavy atom. The minimum atomic E-state index is -0.498. The van der Waals surface area contributed by atoms with E-state index in [9.17, 15) is 9.90 Å². The van der Waals surface area contributed by atoms with E-state index >= 15 is 4.39 Å². The van der Waals surface area contributed by atoms with Crippen molar-refractivity contribution >= 4 is 35.0 Å². The predicted molar refractivity (Wildman–Crippen MR) is 169 cm³/mol. The molecule has 0 saturated carbocycles. The van der Waals surface area contributed by atoms with Crippen molar-refractivity contribution in [3.8, 4) is 28.6 Å². The fourth-order valence-electron chi connectivity index (χ4n) is 5.63. The summed E-state index contributed by atoms with van der Waals surface area (Å²) in [6.45, 7) is 5.57. The van der Waals surface area contributed by atoms with Gasteiger partial charge in [-0.3, -0.25) is 9.69 Å². The van der Waals surface area contributed by atoms with Crippen molar-refractivity contribution in [1.82, 2.24) is 28.8 Å². The lowest BCUT2D eigenvalue weighted by molar-refractivity contribution is 0.245. The minimum absolute atomic E-state index is 0.000566. The van der Waals surface area contributed by atoms with Gasteiger partial charge in [-0.25, -0.2) is 9.07 Å². The molecule has 6 rings (SSSR count). The van der Waals surface area contributed by atoms with Gasteiger partial charge in [-0.15, -0.1) is 5.10 Å². The fourth-order valence-corrected chi connectivity index (χ4v) is 5.86. The number of rotatable bonds is 7. The maximum absolute atomic E-state index is 15.9. The predicted octanol–water partition coefficient (Wildman–Crippen LogP) is 3.36. The molecule has 4 heterocycles. The molecule has 1 atom stereocenters. The number of pyridine rings is 1. The molecular formula is C30H35FN8O4S. The molecule has 232 valence electrons. The highest BCUT2D eigenvalue weighted by atomic mass is 32.1. The van der Waals surface area contributed by atoms with E-state index in [0.29, 0.717) is 48.9 Å². The van der Waals surface area contributed by atoms with Crippen molar-refractivity contribution < 1.29 is 19.0 Å². The quantitative estimate of drug-likeness (QED) is 0.245. The summed E-state index contributed by atoms with van der Waals surface area (Å²) >= 11 is 5.75. The van der Waals surface area contributed by atoms with Crippen LogP contribution in [0.1, 0.15) is 18.5 Å². The molecule has 0 bridgehead atoms. The molecule has 14 heteroatoms. The first-order valence-corrected chi connectivity index (χ1v) is 14.7. The fraction of sp³-hybridized carbons (Fsp3) is 0.400. The van der Waals surface area contributed by atoms with Gasteiger partial charge in [0.1, 0.15) is 12.3 Å². The van der Waals surface area contributed by atoms with Gasteiger partial charge in [0.05, 0.1) is 42.5 Å². The van der Waals surface area contributed by atoms with Gasteiger partial charge in [-0.1, -0.05) is 0 Å². The Hall–Kier alpha value is -4.27. The van der Waals surface area contributed by atoms with Crippen LogP contribution in [0.4, 0.5) is 10.1 Å². The lowest BCUT2D eigenvalue weighted by Gasteiger charge is -2.37. The van der Waals surface area contributed by atoms with Gasteiger partial charge in [-0.2, -0.15) is 9.78 Å². The van der Waals surface area contributed by atoms with Gasteiger partial charge in [0, 0.05) is 32.4 Å². The minimum Gasteiger partial charge on any atom is -0.504 e. The third-order valence-corrected chi connectivity index (χ3v) is 8.35. The second kappa shape index (κ2) is 11.7. The SMILES string of the molecule is COc1cc(/C=N/n2c(-c3cn4c5c(c(N6CCN(C)CC6)c(F)cc5c3=O)OCC4C)nn(CN(C)C)c2=S)ccc1O. The number of phenolic OH excluding ortho intramolecular Hbond substituents is 1. The van der Waals surface area contributed by atoms with Crippen LogP contribution in [0.5, 0.6) is 17.2 Å². The number of methoxy groups -OCH3 is 1. The second-order valence-electron chi connectivity index (χ2n) is 11.5. The van der Waals surface area contributed by atoms with Crippen LogP contribution < -0.4 is 19.8 Å². The van der Waals surface area contributed by atoms with E-state index in [4.69, 9.17) is 26.8 Å². The Balaban J connectivity index is 1.54. The molecule has 2 aromatic heterocycles. The Kier molecular flexibility index (Phi) is 7.90. The van der Waals surface area contributed by atoms with E-state index in [1.165, 1.54) is 23.9 Å². The number of nitrogens with zero attached hydrogens (tertiary/aromatic N) is 8. The number of anilines is 1. The van der Waals surface area contributed by atoms with E-state index in [1.807, 2.05) is 42.4 Å². The Morgan fingerprint density at radius 1 is 1.25 bits per heavy atom. The Morgan fingerprint density at radius 2 is 2.00 bits per heavy atom. The smallest absolute Gasteiger partial charge is 0.220 e. The first kappa shape index (κ1) is 29.8. The van der Waals surface area contributed by atoms with Crippen molar-refractivity contribution in [3.63, 3.8) is 0 Å². The lowest BCUT2D eigenvalue weighted by Crippen LogP contribution is -2.45. The molecule has 1 fully saturated rings. The number of hydrogen-bond donors (Lipinski definition) is 1. The molecule has 0 aliphatic carbocycles. The van der Waals surface area contributed by atoms with Crippen LogP contribution in [0.2, 0.25) is 0 Å². The number of halogens is 1. The van der Waals surface area contributed by atoms with Gasteiger partial charge >= 0.3 is 0 Å². The maximum atomic E-state index is 15.9. The van der Waals surface area contributed by atoms with Crippen molar-refractivity contribution in [2.45, 2.75) is 19.6 Å². The standard InChI is InChI=1S/C30H35FN8O4S/c1-18-16-43-28-25-20(13-22(31)26(28)36-10-8-35(4)9-11-36)27(41)21(15-37(18)25)29-33-38(17-34(2)3)30(44)39(29)32-14-19-6-7-23(40)24(12-19)42-5/h6-7,12-15,18,40H,8-11,16-17H2,1-5H3/b32-14+. The number of piperazine rings is 1. The molecule has 0 radical (unpaired) electrons. The number of benzene rings is 2. The molecular weight excluding hydrogens is 587 g/mol. The van der Waals surface area contributed by atoms with Gasteiger partial charge in [-0.05, 0) is 70.1 Å². The number of aromatic hydroxyl groups is 1. The van der Waals surface area contributed by atoms with Gasteiger partial charge in [0.25, 0.3) is 0 Å². The average molecular weight is 623 g/mol. The Labute approximate surface area is 258 Å². The summed E-state index contributed by atoms with van der Waals surface area (Å²) in [6, 6.07) is 5.99. The highest BCUT2D eigenvalue weighted by molar-refractivity contribution is 7.71. The van der Waals surface area contributed by atoms with Crippen LogP contribution >= 0.6 is 12.2 Å². The summed E-state index contributed by atoms with van der Waals surface area (Å²) in [6.07, 6.45) is 3.29. The maximum Gasteiger partial charge on any atom is 0.220 e. The summed E-state index contributed by atoms with van der Waals surface area (Å²) in [4.78, 5) is 20.3. The third-order valence-electron chi connectivity index (χ3n) is 7.96. The van der Waals surface area contributed by atoms with Crippen molar-refractivity contribution in [3.05, 3.63) is 56.8 Å². The van der Waals surface area contributed by atoms with Gasteiger partial charge < -0.3 is 28.9 Å². The molecule has 2 aromatic carbocycles. The van der Waals surface area contributed by atoms with Crippen molar-refractivity contribution in [1.29, 1.82) is 0 Å². The molecule has 4 aromatic rings. The molecule has 1 unspecified atom stereocenters. The summed E-state index contributed by atoms with van der Waals surface area (Å²) in [5.74, 6) is 0.401. The lowest BCUT2D eigenvalue weighted by atomic mass is 10.0. The van der Waals surface area contributed by atoms with E-state index in [1.54, 1.807) is 29.2 Å². The zero-order chi connectivity index (χ0) is 31.3. The third kappa shape index (κ3) is 5.22. The van der Waals surface area contributed by atoms with Crippen LogP contribution in [-0.2, 0) is 6.67 Å². The average Bonchev–Trinajstić information content (AvgIpc) is 3.29. The van der Waals surface area contributed by atoms with E-state index in [-0.39, 0.29) is 39.1 Å². The summed E-state index contributed by atoms with van der Waals surface area (Å²) in [5.41, 5.74) is 1.41. The molecule has 2 aliphatic heterocycles. The molecule has 1 saturated heterocycles. The van der Waals surface area contributed by atoms with E-state index in [0.717, 1.165) is 13.1 Å². The molecule has 0 amide bonds. The van der Waals surface area contributed by atoms with Crippen LogP contribution in [0, 0.1) is 10.6 Å². The highest BCUT2D eigenvalue weighted by Crippen LogP contribution is 2.42. The van der Waals surface area contributed by atoms with E-state index in [2.05, 4.69) is 10.0 Å². The first-order chi connectivity index (χ1) is 21.1. The Bertz CT molecular complexity index is 1890. The largest absolute Gasteiger partial charge is 0.504 e.